The number of anilines is 1. The highest BCUT2D eigenvalue weighted by atomic mass is 16.2. The molecule has 5 nitrogen and oxygen atoms in total. The van der Waals surface area contributed by atoms with E-state index in [1.807, 2.05) is 24.1 Å². The van der Waals surface area contributed by atoms with Crippen LogP contribution in [0, 0.1) is 0 Å². The molecule has 2 aliphatic rings. The van der Waals surface area contributed by atoms with Crippen LogP contribution >= 0.6 is 0 Å². The van der Waals surface area contributed by atoms with Crippen molar-refractivity contribution in [3.8, 4) is 0 Å². The van der Waals surface area contributed by atoms with Crippen LogP contribution in [0.2, 0.25) is 0 Å². The Hall–Kier alpha value is -1.65. The van der Waals surface area contributed by atoms with Crippen LogP contribution in [-0.4, -0.2) is 39.9 Å². The van der Waals surface area contributed by atoms with Gasteiger partial charge in [0.1, 0.15) is 0 Å². The molecule has 108 valence electrons. The molecule has 1 amide bonds. The SMILES string of the molecule is CCN1CC(Nc2nccc(C3CCCC3)n2)CC1=O. The highest BCUT2D eigenvalue weighted by Gasteiger charge is 2.29. The van der Waals surface area contributed by atoms with Gasteiger partial charge in [-0.05, 0) is 25.8 Å². The molecular weight excluding hydrogens is 252 g/mol. The molecule has 0 aromatic carbocycles. The number of likely N-dealkylation sites (tertiary alicyclic amines) is 1. The van der Waals surface area contributed by atoms with E-state index in [1.54, 1.807) is 0 Å². The van der Waals surface area contributed by atoms with E-state index in [1.165, 1.54) is 25.7 Å². The normalized spacial score (nSPS) is 23.6. The molecule has 0 spiro atoms. The quantitative estimate of drug-likeness (QED) is 0.914. The van der Waals surface area contributed by atoms with Crippen molar-refractivity contribution >= 4 is 11.9 Å². The number of carbonyl (C=O) groups is 1. The van der Waals surface area contributed by atoms with Gasteiger partial charge in [-0.15, -0.1) is 0 Å². The van der Waals surface area contributed by atoms with Crippen molar-refractivity contribution < 1.29 is 4.79 Å². The predicted molar refractivity (Wildman–Crippen MR) is 77.5 cm³/mol. The third kappa shape index (κ3) is 2.76. The van der Waals surface area contributed by atoms with Gasteiger partial charge in [0.15, 0.2) is 0 Å². The lowest BCUT2D eigenvalue weighted by Crippen LogP contribution is -2.28. The molecule has 1 saturated carbocycles. The first-order valence-electron chi connectivity index (χ1n) is 7.63. The zero-order valence-electron chi connectivity index (χ0n) is 12.0. The average Bonchev–Trinajstić information content (AvgIpc) is 3.09. The van der Waals surface area contributed by atoms with Gasteiger partial charge < -0.3 is 10.2 Å². The molecular formula is C15H22N4O. The highest BCUT2D eigenvalue weighted by Crippen LogP contribution is 2.33. The van der Waals surface area contributed by atoms with E-state index < -0.39 is 0 Å². The Kier molecular flexibility index (Phi) is 3.85. The van der Waals surface area contributed by atoms with Gasteiger partial charge in [0.2, 0.25) is 11.9 Å². The van der Waals surface area contributed by atoms with Crippen LogP contribution in [0.15, 0.2) is 12.3 Å². The third-order valence-corrected chi connectivity index (χ3v) is 4.38. The van der Waals surface area contributed by atoms with Crippen LogP contribution in [0.4, 0.5) is 5.95 Å². The Labute approximate surface area is 119 Å². The van der Waals surface area contributed by atoms with Crippen molar-refractivity contribution in [2.75, 3.05) is 18.4 Å². The molecule has 2 fully saturated rings. The maximum Gasteiger partial charge on any atom is 0.224 e. The summed E-state index contributed by atoms with van der Waals surface area (Å²) in [5.74, 6) is 1.48. The molecule has 1 atom stereocenters. The number of hydrogen-bond acceptors (Lipinski definition) is 4. The molecule has 1 N–H and O–H groups in total. The average molecular weight is 274 g/mol. The molecule has 1 aromatic rings. The number of hydrogen-bond donors (Lipinski definition) is 1. The van der Waals surface area contributed by atoms with E-state index in [0.717, 1.165) is 18.8 Å². The first-order chi connectivity index (χ1) is 9.76. The van der Waals surface area contributed by atoms with E-state index in [4.69, 9.17) is 0 Å². The number of carbonyl (C=O) groups excluding carboxylic acids is 1. The molecule has 3 rings (SSSR count). The van der Waals surface area contributed by atoms with Gasteiger partial charge in [0.25, 0.3) is 0 Å². The lowest BCUT2D eigenvalue weighted by molar-refractivity contribution is -0.127. The summed E-state index contributed by atoms with van der Waals surface area (Å²) in [5.41, 5.74) is 1.15. The number of nitrogens with zero attached hydrogens (tertiary/aromatic N) is 3. The summed E-state index contributed by atoms with van der Waals surface area (Å²) in [6.07, 6.45) is 7.46. The summed E-state index contributed by atoms with van der Waals surface area (Å²) in [5, 5.41) is 3.31. The van der Waals surface area contributed by atoms with Crippen LogP contribution < -0.4 is 5.32 Å². The van der Waals surface area contributed by atoms with Crippen LogP contribution in [0.1, 0.15) is 50.6 Å². The fourth-order valence-electron chi connectivity index (χ4n) is 3.25. The van der Waals surface area contributed by atoms with E-state index in [9.17, 15) is 4.79 Å². The molecule has 1 aliphatic heterocycles. The Balaban J connectivity index is 1.66. The van der Waals surface area contributed by atoms with Gasteiger partial charge in [-0.3, -0.25) is 4.79 Å². The summed E-state index contributed by atoms with van der Waals surface area (Å²) in [6, 6.07) is 2.17. The van der Waals surface area contributed by atoms with Crippen molar-refractivity contribution in [2.45, 2.75) is 51.0 Å². The van der Waals surface area contributed by atoms with Crippen LogP contribution in [0.5, 0.6) is 0 Å². The fraction of sp³-hybridized carbons (Fsp3) is 0.667. The number of likely N-dealkylation sites (N-methyl/N-ethyl adjacent to an activating group) is 1. The minimum absolute atomic E-state index is 0.140. The molecule has 0 bridgehead atoms. The van der Waals surface area contributed by atoms with Gasteiger partial charge in [-0.2, -0.15) is 0 Å². The Bertz CT molecular complexity index is 485. The van der Waals surface area contributed by atoms with E-state index in [2.05, 4.69) is 15.3 Å². The molecule has 1 aromatic heterocycles. The summed E-state index contributed by atoms with van der Waals surface area (Å²) in [6.45, 7) is 3.55. The van der Waals surface area contributed by atoms with Crippen molar-refractivity contribution in [1.29, 1.82) is 0 Å². The lowest BCUT2D eigenvalue weighted by Gasteiger charge is -2.15. The second-order valence-corrected chi connectivity index (χ2v) is 5.76. The summed E-state index contributed by atoms with van der Waals surface area (Å²) < 4.78 is 0. The largest absolute Gasteiger partial charge is 0.349 e. The number of aromatic nitrogens is 2. The first kappa shape index (κ1) is 13.3. The summed E-state index contributed by atoms with van der Waals surface area (Å²) >= 11 is 0. The fourth-order valence-corrected chi connectivity index (χ4v) is 3.25. The van der Waals surface area contributed by atoms with Gasteiger partial charge in [-0.1, -0.05) is 12.8 Å². The van der Waals surface area contributed by atoms with Gasteiger partial charge in [-0.25, -0.2) is 9.97 Å². The Morgan fingerprint density at radius 3 is 2.90 bits per heavy atom. The summed E-state index contributed by atoms with van der Waals surface area (Å²) in [4.78, 5) is 22.5. The van der Waals surface area contributed by atoms with Crippen molar-refractivity contribution in [3.05, 3.63) is 18.0 Å². The van der Waals surface area contributed by atoms with Crippen LogP contribution in [0.3, 0.4) is 0 Å². The Morgan fingerprint density at radius 2 is 2.20 bits per heavy atom. The van der Waals surface area contributed by atoms with E-state index >= 15 is 0 Å². The standard InChI is InChI=1S/C15H22N4O/c1-2-19-10-12(9-14(19)20)17-15-16-8-7-13(18-15)11-5-3-4-6-11/h7-8,11-12H,2-6,9-10H2,1H3,(H,16,17,18). The minimum atomic E-state index is 0.140. The third-order valence-electron chi connectivity index (χ3n) is 4.38. The zero-order chi connectivity index (χ0) is 13.9. The molecule has 1 unspecified atom stereocenters. The lowest BCUT2D eigenvalue weighted by atomic mass is 10.0. The topological polar surface area (TPSA) is 58.1 Å². The van der Waals surface area contributed by atoms with Gasteiger partial charge in [0, 0.05) is 37.3 Å². The van der Waals surface area contributed by atoms with E-state index in [-0.39, 0.29) is 11.9 Å². The van der Waals surface area contributed by atoms with Gasteiger partial charge >= 0.3 is 0 Å². The molecule has 2 heterocycles. The smallest absolute Gasteiger partial charge is 0.224 e. The second kappa shape index (κ2) is 5.77. The van der Waals surface area contributed by atoms with Crippen molar-refractivity contribution in [2.24, 2.45) is 0 Å². The molecule has 5 heteroatoms. The monoisotopic (exact) mass is 274 g/mol. The van der Waals surface area contributed by atoms with Crippen LogP contribution in [-0.2, 0) is 4.79 Å². The molecule has 20 heavy (non-hydrogen) atoms. The van der Waals surface area contributed by atoms with Crippen molar-refractivity contribution in [3.63, 3.8) is 0 Å². The number of nitrogens with one attached hydrogen (secondary N) is 1. The zero-order valence-corrected chi connectivity index (χ0v) is 12.0. The Morgan fingerprint density at radius 1 is 1.40 bits per heavy atom. The maximum absolute atomic E-state index is 11.7. The molecule has 1 saturated heterocycles. The minimum Gasteiger partial charge on any atom is -0.349 e. The first-order valence-corrected chi connectivity index (χ1v) is 7.63. The molecule has 0 radical (unpaired) electrons. The second-order valence-electron chi connectivity index (χ2n) is 5.76. The molecule has 1 aliphatic carbocycles. The van der Waals surface area contributed by atoms with Gasteiger partial charge in [0.05, 0.1) is 6.04 Å². The number of rotatable bonds is 4. The highest BCUT2D eigenvalue weighted by molar-refractivity contribution is 5.79. The van der Waals surface area contributed by atoms with E-state index in [0.29, 0.717) is 18.3 Å². The predicted octanol–water partition coefficient (Wildman–Crippen LogP) is 2.17. The number of amides is 1. The summed E-state index contributed by atoms with van der Waals surface area (Å²) in [7, 11) is 0. The van der Waals surface area contributed by atoms with Crippen molar-refractivity contribution in [1.82, 2.24) is 14.9 Å². The van der Waals surface area contributed by atoms with Crippen LogP contribution in [0.25, 0.3) is 0 Å². The maximum atomic E-state index is 11.7.